The van der Waals surface area contributed by atoms with Crippen LogP contribution in [0.5, 0.6) is 0 Å². The molecule has 27 heavy (non-hydrogen) atoms. The summed E-state index contributed by atoms with van der Waals surface area (Å²) in [6.45, 7) is 9.62. The maximum atomic E-state index is 4.54. The molecule has 5 nitrogen and oxygen atoms in total. The van der Waals surface area contributed by atoms with Crippen LogP contribution in [-0.2, 0) is 0 Å². The molecule has 1 fully saturated rings. The fourth-order valence-electron chi connectivity index (χ4n) is 3.68. The van der Waals surface area contributed by atoms with E-state index in [1.54, 1.807) is 0 Å². The topological polar surface area (TPSA) is 45.5 Å². The summed E-state index contributed by atoms with van der Waals surface area (Å²) in [5.74, 6) is 2.09. The Bertz CT molecular complexity index is 711. The second-order valence-corrected chi connectivity index (χ2v) is 7.53. The van der Waals surface area contributed by atoms with Crippen LogP contribution in [0, 0.1) is 12.8 Å². The van der Waals surface area contributed by atoms with Crippen molar-refractivity contribution >= 4 is 29.9 Å². The summed E-state index contributed by atoms with van der Waals surface area (Å²) in [5.41, 5.74) is 2.67. The molecule has 148 valence electrons. The molecule has 1 N–H and O–H groups in total. The molecule has 6 heteroatoms. The molecule has 1 aliphatic rings. The number of likely N-dealkylation sites (tertiary alicyclic amines) is 1. The van der Waals surface area contributed by atoms with E-state index in [0.29, 0.717) is 17.9 Å². The Balaban J connectivity index is 0.00000261. The molecule has 0 aliphatic carbocycles. The van der Waals surface area contributed by atoms with E-state index >= 15 is 0 Å². The lowest BCUT2D eigenvalue weighted by Gasteiger charge is -2.39. The van der Waals surface area contributed by atoms with E-state index in [0.717, 1.165) is 32.0 Å². The van der Waals surface area contributed by atoms with Gasteiger partial charge >= 0.3 is 0 Å². The molecule has 1 aliphatic heterocycles. The van der Waals surface area contributed by atoms with E-state index < -0.39 is 0 Å². The van der Waals surface area contributed by atoms with Gasteiger partial charge in [-0.3, -0.25) is 4.99 Å². The number of benzene rings is 1. The van der Waals surface area contributed by atoms with Crippen LogP contribution < -0.4 is 5.32 Å². The predicted molar refractivity (Wildman–Crippen MR) is 123 cm³/mol. The van der Waals surface area contributed by atoms with Crippen LogP contribution in [0.15, 0.2) is 48.0 Å². The molecule has 0 amide bonds. The number of nitrogens with zero attached hydrogens (tertiary/aromatic N) is 4. The van der Waals surface area contributed by atoms with Crippen LogP contribution in [0.25, 0.3) is 0 Å². The average molecular weight is 481 g/mol. The van der Waals surface area contributed by atoms with E-state index in [-0.39, 0.29) is 24.0 Å². The van der Waals surface area contributed by atoms with Gasteiger partial charge in [-0.15, -0.1) is 24.0 Å². The van der Waals surface area contributed by atoms with Crippen LogP contribution in [-0.4, -0.2) is 47.1 Å². The van der Waals surface area contributed by atoms with Gasteiger partial charge < -0.3 is 14.8 Å². The summed E-state index contributed by atoms with van der Waals surface area (Å²) in [6, 6.07) is 9.26. The summed E-state index contributed by atoms with van der Waals surface area (Å²) >= 11 is 0. The quantitative estimate of drug-likeness (QED) is 0.407. The first-order chi connectivity index (χ1) is 12.6. The van der Waals surface area contributed by atoms with E-state index in [1.807, 2.05) is 19.6 Å². The fraction of sp³-hybridized carbons (Fsp3) is 0.524. The summed E-state index contributed by atoms with van der Waals surface area (Å²) in [5, 5.41) is 3.58. The zero-order valence-corrected chi connectivity index (χ0v) is 19.1. The van der Waals surface area contributed by atoms with E-state index in [2.05, 4.69) is 76.0 Å². The summed E-state index contributed by atoms with van der Waals surface area (Å²) in [7, 11) is 1.88. The maximum Gasteiger partial charge on any atom is 0.193 e. The van der Waals surface area contributed by atoms with Gasteiger partial charge in [0.1, 0.15) is 0 Å². The minimum absolute atomic E-state index is 0. The van der Waals surface area contributed by atoms with Gasteiger partial charge in [-0.05, 0) is 30.7 Å². The van der Waals surface area contributed by atoms with Crippen molar-refractivity contribution in [1.29, 1.82) is 0 Å². The number of guanidine groups is 1. The number of halogens is 1. The lowest BCUT2D eigenvalue weighted by atomic mass is 9.93. The Labute approximate surface area is 180 Å². The van der Waals surface area contributed by atoms with Gasteiger partial charge in [0.15, 0.2) is 5.96 Å². The van der Waals surface area contributed by atoms with Crippen LogP contribution in [0.2, 0.25) is 0 Å². The predicted octanol–water partition coefficient (Wildman–Crippen LogP) is 4.07. The zero-order valence-electron chi connectivity index (χ0n) is 16.8. The number of hydrogen-bond acceptors (Lipinski definition) is 2. The Kier molecular flexibility index (Phi) is 8.13. The van der Waals surface area contributed by atoms with Crippen molar-refractivity contribution in [2.75, 3.05) is 26.7 Å². The normalized spacial score (nSPS) is 21.5. The maximum absolute atomic E-state index is 4.54. The standard InChI is InChI=1S/C21H31N5.HI/c1-16-5-7-19(8-6-16)18(3)13-24-21(22-4)25-11-9-17(2)20(14-25)26-12-10-23-15-26;/h5-8,10,12,15,17-18,20H,9,11,13-14H2,1-4H3,(H,22,24);1H. The summed E-state index contributed by atoms with van der Waals surface area (Å²) in [6.07, 6.45) is 7.03. The summed E-state index contributed by atoms with van der Waals surface area (Å²) in [4.78, 5) is 11.1. The molecule has 1 aromatic carbocycles. The first kappa shape index (κ1) is 21.7. The van der Waals surface area contributed by atoms with Gasteiger partial charge in [-0.1, -0.05) is 43.7 Å². The molecule has 3 atom stereocenters. The molecule has 2 aromatic rings. The van der Waals surface area contributed by atoms with Crippen molar-refractivity contribution < 1.29 is 0 Å². The van der Waals surface area contributed by atoms with Crippen molar-refractivity contribution in [3.05, 3.63) is 54.1 Å². The van der Waals surface area contributed by atoms with Crippen LogP contribution >= 0.6 is 24.0 Å². The Morgan fingerprint density at radius 1 is 1.33 bits per heavy atom. The lowest BCUT2D eigenvalue weighted by Crippen LogP contribution is -2.49. The Morgan fingerprint density at radius 3 is 2.70 bits per heavy atom. The molecular formula is C21H32IN5. The highest BCUT2D eigenvalue weighted by molar-refractivity contribution is 14.0. The highest BCUT2D eigenvalue weighted by Gasteiger charge is 2.28. The van der Waals surface area contributed by atoms with Crippen molar-refractivity contribution in [2.24, 2.45) is 10.9 Å². The van der Waals surface area contributed by atoms with E-state index in [9.17, 15) is 0 Å². The largest absolute Gasteiger partial charge is 0.356 e. The number of aliphatic imine (C=N–C) groups is 1. The summed E-state index contributed by atoms with van der Waals surface area (Å²) < 4.78 is 2.24. The zero-order chi connectivity index (χ0) is 18.5. The van der Waals surface area contributed by atoms with Crippen LogP contribution in [0.3, 0.4) is 0 Å². The number of aryl methyl sites for hydroxylation is 1. The molecule has 3 unspecified atom stereocenters. The molecule has 0 saturated carbocycles. The van der Waals surface area contributed by atoms with Gasteiger partial charge in [0.05, 0.1) is 12.4 Å². The van der Waals surface area contributed by atoms with E-state index in [1.165, 1.54) is 11.1 Å². The van der Waals surface area contributed by atoms with Gasteiger partial charge in [0, 0.05) is 39.1 Å². The van der Waals surface area contributed by atoms with Crippen molar-refractivity contribution in [1.82, 2.24) is 19.8 Å². The number of piperidine rings is 1. The monoisotopic (exact) mass is 481 g/mol. The highest BCUT2D eigenvalue weighted by Crippen LogP contribution is 2.27. The van der Waals surface area contributed by atoms with Gasteiger partial charge in [0.25, 0.3) is 0 Å². The second kappa shape index (κ2) is 10.1. The second-order valence-electron chi connectivity index (χ2n) is 7.53. The molecule has 0 bridgehead atoms. The van der Waals surface area contributed by atoms with Crippen molar-refractivity contribution in [3.8, 4) is 0 Å². The Hall–Kier alpha value is -1.57. The minimum Gasteiger partial charge on any atom is -0.356 e. The first-order valence-electron chi connectivity index (χ1n) is 9.58. The number of imidazole rings is 1. The van der Waals surface area contributed by atoms with Crippen LogP contribution in [0.4, 0.5) is 0 Å². The molecular weight excluding hydrogens is 449 g/mol. The smallest absolute Gasteiger partial charge is 0.193 e. The third kappa shape index (κ3) is 5.46. The molecule has 1 saturated heterocycles. The number of rotatable bonds is 4. The number of hydrogen-bond donors (Lipinski definition) is 1. The van der Waals surface area contributed by atoms with Gasteiger partial charge in [-0.25, -0.2) is 4.98 Å². The number of aromatic nitrogens is 2. The molecule has 2 heterocycles. The van der Waals surface area contributed by atoms with E-state index in [4.69, 9.17) is 0 Å². The fourth-order valence-corrected chi connectivity index (χ4v) is 3.68. The lowest BCUT2D eigenvalue weighted by molar-refractivity contribution is 0.189. The first-order valence-corrected chi connectivity index (χ1v) is 9.58. The van der Waals surface area contributed by atoms with Gasteiger partial charge in [0.2, 0.25) is 0 Å². The molecule has 3 rings (SSSR count). The Morgan fingerprint density at radius 2 is 2.07 bits per heavy atom. The van der Waals surface area contributed by atoms with Gasteiger partial charge in [-0.2, -0.15) is 0 Å². The highest BCUT2D eigenvalue weighted by atomic mass is 127. The number of nitrogens with one attached hydrogen (secondary N) is 1. The average Bonchev–Trinajstić information content (AvgIpc) is 3.18. The van der Waals surface area contributed by atoms with Crippen LogP contribution in [0.1, 0.15) is 43.4 Å². The minimum atomic E-state index is 0. The molecule has 1 aromatic heterocycles. The van der Waals surface area contributed by atoms with Crippen molar-refractivity contribution in [3.63, 3.8) is 0 Å². The third-order valence-corrected chi connectivity index (χ3v) is 5.55. The SMILES string of the molecule is CN=C(NCC(C)c1ccc(C)cc1)N1CCC(C)C(n2ccnc2)C1.I. The third-order valence-electron chi connectivity index (χ3n) is 5.55. The molecule has 0 spiro atoms. The molecule has 0 radical (unpaired) electrons. The van der Waals surface area contributed by atoms with Crippen molar-refractivity contribution in [2.45, 2.75) is 39.2 Å².